The second-order valence-corrected chi connectivity index (χ2v) is 5.62. The molecule has 0 bridgehead atoms. The maximum Gasteiger partial charge on any atom is 0.0349 e. The van der Waals surface area contributed by atoms with Crippen LogP contribution in [0.2, 0.25) is 0 Å². The van der Waals surface area contributed by atoms with Crippen LogP contribution in [0, 0.1) is 0 Å². The van der Waals surface area contributed by atoms with E-state index >= 15 is 0 Å². The van der Waals surface area contributed by atoms with Crippen LogP contribution in [0.25, 0.3) is 10.1 Å². The van der Waals surface area contributed by atoms with Gasteiger partial charge in [-0.1, -0.05) is 15.9 Å². The Bertz CT molecular complexity index is 489. The highest BCUT2D eigenvalue weighted by atomic mass is 79.9. The molecule has 0 aliphatic carbocycles. The fourth-order valence-corrected chi connectivity index (χ4v) is 3.57. The molecule has 72 valence electrons. The zero-order chi connectivity index (χ0) is 9.54. The number of hydrogen-bond acceptors (Lipinski definition) is 2. The lowest BCUT2D eigenvalue weighted by Gasteiger charge is -2.12. The molecule has 0 spiro atoms. The van der Waals surface area contributed by atoms with Gasteiger partial charge in [-0.2, -0.15) is 0 Å². The van der Waals surface area contributed by atoms with Crippen molar-refractivity contribution >= 4 is 37.4 Å². The first-order valence-corrected chi connectivity index (χ1v) is 6.36. The number of fused-ring (bicyclic) bond motifs is 3. The standard InChI is InChI=1S/C11H10BrNS/c12-7-1-2-10-9(5-7)8-3-4-13-6-11(8)14-10/h1-2,5,13H,3-4,6H2. The highest BCUT2D eigenvalue weighted by Crippen LogP contribution is 2.34. The van der Waals surface area contributed by atoms with E-state index in [0.717, 1.165) is 13.1 Å². The zero-order valence-corrected chi connectivity index (χ0v) is 10.0. The molecule has 1 aliphatic rings. The molecule has 0 unspecified atom stereocenters. The maximum atomic E-state index is 3.53. The number of halogens is 1. The summed E-state index contributed by atoms with van der Waals surface area (Å²) in [5.74, 6) is 0. The summed E-state index contributed by atoms with van der Waals surface area (Å²) in [7, 11) is 0. The molecular formula is C11H10BrNS. The summed E-state index contributed by atoms with van der Waals surface area (Å²) in [6.07, 6.45) is 1.17. The highest BCUT2D eigenvalue weighted by molar-refractivity contribution is 9.10. The molecule has 3 rings (SSSR count). The van der Waals surface area contributed by atoms with Gasteiger partial charge in [0, 0.05) is 20.6 Å². The molecule has 0 saturated heterocycles. The molecule has 1 aromatic carbocycles. The van der Waals surface area contributed by atoms with Gasteiger partial charge in [0.15, 0.2) is 0 Å². The van der Waals surface area contributed by atoms with Crippen LogP contribution in [0.15, 0.2) is 22.7 Å². The molecule has 0 radical (unpaired) electrons. The second-order valence-electron chi connectivity index (χ2n) is 3.57. The molecule has 0 saturated carbocycles. The van der Waals surface area contributed by atoms with E-state index in [2.05, 4.69) is 39.4 Å². The molecule has 1 nitrogen and oxygen atoms in total. The van der Waals surface area contributed by atoms with Gasteiger partial charge in [0.2, 0.25) is 0 Å². The van der Waals surface area contributed by atoms with Crippen LogP contribution in [0.4, 0.5) is 0 Å². The Labute approximate surface area is 95.3 Å². The van der Waals surface area contributed by atoms with Crippen molar-refractivity contribution in [1.82, 2.24) is 5.32 Å². The largest absolute Gasteiger partial charge is 0.312 e. The molecular weight excluding hydrogens is 258 g/mol. The minimum atomic E-state index is 1.05. The third-order valence-corrected chi connectivity index (χ3v) is 4.38. The second kappa shape index (κ2) is 3.33. The average Bonchev–Trinajstić information content (AvgIpc) is 2.56. The smallest absolute Gasteiger partial charge is 0.0349 e. The first-order valence-electron chi connectivity index (χ1n) is 4.75. The van der Waals surface area contributed by atoms with E-state index in [1.807, 2.05) is 11.3 Å². The van der Waals surface area contributed by atoms with Crippen molar-refractivity contribution in [3.05, 3.63) is 33.1 Å². The molecule has 1 aromatic heterocycles. The predicted octanol–water partition coefficient (Wildman–Crippen LogP) is 3.31. The maximum absolute atomic E-state index is 3.53. The monoisotopic (exact) mass is 267 g/mol. The van der Waals surface area contributed by atoms with Crippen molar-refractivity contribution in [2.75, 3.05) is 6.54 Å². The van der Waals surface area contributed by atoms with Crippen LogP contribution in [0.1, 0.15) is 10.4 Å². The van der Waals surface area contributed by atoms with Gasteiger partial charge in [-0.05, 0) is 42.1 Å². The Morgan fingerprint density at radius 3 is 3.21 bits per heavy atom. The van der Waals surface area contributed by atoms with E-state index in [1.165, 1.54) is 25.9 Å². The molecule has 14 heavy (non-hydrogen) atoms. The van der Waals surface area contributed by atoms with Gasteiger partial charge in [0.1, 0.15) is 0 Å². The van der Waals surface area contributed by atoms with Gasteiger partial charge < -0.3 is 5.32 Å². The van der Waals surface area contributed by atoms with Crippen LogP contribution in [-0.2, 0) is 13.0 Å². The van der Waals surface area contributed by atoms with Crippen LogP contribution in [0.3, 0.4) is 0 Å². The van der Waals surface area contributed by atoms with Gasteiger partial charge in [0.25, 0.3) is 0 Å². The minimum Gasteiger partial charge on any atom is -0.312 e. The van der Waals surface area contributed by atoms with E-state index in [9.17, 15) is 0 Å². The van der Waals surface area contributed by atoms with Crippen LogP contribution < -0.4 is 5.32 Å². The normalized spacial score (nSPS) is 15.8. The van der Waals surface area contributed by atoms with Gasteiger partial charge in [-0.3, -0.25) is 0 Å². The molecule has 3 heteroatoms. The summed E-state index contributed by atoms with van der Waals surface area (Å²) in [5, 5.41) is 4.86. The Morgan fingerprint density at radius 1 is 1.36 bits per heavy atom. The molecule has 0 amide bonds. The van der Waals surface area contributed by atoms with E-state index in [4.69, 9.17) is 0 Å². The van der Waals surface area contributed by atoms with E-state index < -0.39 is 0 Å². The lowest BCUT2D eigenvalue weighted by atomic mass is 10.1. The lowest BCUT2D eigenvalue weighted by Crippen LogP contribution is -2.21. The van der Waals surface area contributed by atoms with E-state index in [1.54, 1.807) is 5.56 Å². The third-order valence-electron chi connectivity index (χ3n) is 2.67. The van der Waals surface area contributed by atoms with Gasteiger partial charge in [0.05, 0.1) is 0 Å². The van der Waals surface area contributed by atoms with Gasteiger partial charge in [-0.15, -0.1) is 11.3 Å². The summed E-state index contributed by atoms with van der Waals surface area (Å²) < 4.78 is 2.60. The van der Waals surface area contributed by atoms with E-state index in [0.29, 0.717) is 0 Å². The van der Waals surface area contributed by atoms with Crippen LogP contribution in [-0.4, -0.2) is 6.54 Å². The van der Waals surface area contributed by atoms with Gasteiger partial charge >= 0.3 is 0 Å². The molecule has 0 atom stereocenters. The SMILES string of the molecule is Brc1ccc2sc3c(c2c1)CCNC3. The zero-order valence-electron chi connectivity index (χ0n) is 7.64. The Morgan fingerprint density at radius 2 is 2.29 bits per heavy atom. The lowest BCUT2D eigenvalue weighted by molar-refractivity contribution is 0.657. The van der Waals surface area contributed by atoms with Crippen molar-refractivity contribution in [3.63, 3.8) is 0 Å². The third kappa shape index (κ3) is 1.31. The molecule has 2 heterocycles. The number of thiophene rings is 1. The van der Waals surface area contributed by atoms with Crippen molar-refractivity contribution in [1.29, 1.82) is 0 Å². The first kappa shape index (κ1) is 8.89. The highest BCUT2D eigenvalue weighted by Gasteiger charge is 2.14. The van der Waals surface area contributed by atoms with Gasteiger partial charge in [-0.25, -0.2) is 0 Å². The fraction of sp³-hybridized carbons (Fsp3) is 0.273. The molecule has 1 aliphatic heterocycles. The minimum absolute atomic E-state index is 1.05. The van der Waals surface area contributed by atoms with Crippen molar-refractivity contribution < 1.29 is 0 Å². The number of rotatable bonds is 0. The summed E-state index contributed by atoms with van der Waals surface area (Å²) in [5.41, 5.74) is 1.56. The van der Waals surface area contributed by atoms with Crippen molar-refractivity contribution in [2.45, 2.75) is 13.0 Å². The molecule has 1 N–H and O–H groups in total. The summed E-state index contributed by atoms with van der Waals surface area (Å²) >= 11 is 5.46. The predicted molar refractivity (Wildman–Crippen MR) is 64.9 cm³/mol. The molecule has 2 aromatic rings. The number of nitrogens with one attached hydrogen (secondary N) is 1. The topological polar surface area (TPSA) is 12.0 Å². The van der Waals surface area contributed by atoms with Crippen LogP contribution >= 0.6 is 27.3 Å². The molecule has 0 fully saturated rings. The first-order chi connectivity index (χ1) is 6.84. The summed E-state index contributed by atoms with van der Waals surface area (Å²) in [6, 6.07) is 6.58. The Balaban J connectivity index is 2.32. The van der Waals surface area contributed by atoms with E-state index in [-0.39, 0.29) is 0 Å². The number of benzene rings is 1. The fourth-order valence-electron chi connectivity index (χ4n) is 2.00. The summed E-state index contributed by atoms with van der Waals surface area (Å²) in [6.45, 7) is 2.16. The average molecular weight is 268 g/mol. The quantitative estimate of drug-likeness (QED) is 0.773. The Hall–Kier alpha value is -0.380. The van der Waals surface area contributed by atoms with Crippen molar-refractivity contribution in [3.8, 4) is 0 Å². The Kier molecular flexibility index (Phi) is 2.11. The van der Waals surface area contributed by atoms with Crippen molar-refractivity contribution in [2.24, 2.45) is 0 Å². The van der Waals surface area contributed by atoms with Crippen LogP contribution in [0.5, 0.6) is 0 Å². The number of hydrogen-bond donors (Lipinski definition) is 1. The summed E-state index contributed by atoms with van der Waals surface area (Å²) in [4.78, 5) is 1.52.